The van der Waals surface area contributed by atoms with Gasteiger partial charge in [0.25, 0.3) is 0 Å². The first-order chi connectivity index (χ1) is 4.00. The molecule has 0 aliphatic carbocycles. The molecular formula is HLiMgO8S2. The molecule has 0 bridgehead atoms. The standard InChI is InChI=1S/Li.Mg.2H2O4S/c;;2*1-5(2,3)4/h;;2*(H2,1,2,3,4)/q+1;+2;;/p-3. The fraction of sp³-hybridized carbons (Fsp3) is 0. The number of rotatable bonds is 0. The molecule has 0 atom stereocenters. The van der Waals surface area contributed by atoms with Crippen molar-refractivity contribution in [1.29, 1.82) is 0 Å². The van der Waals surface area contributed by atoms with Crippen LogP contribution in [-0.4, -0.2) is 58.1 Å². The van der Waals surface area contributed by atoms with E-state index in [1.165, 1.54) is 0 Å². The smallest absolute Gasteiger partial charge is 0.759 e. The second kappa shape index (κ2) is 8.69. The van der Waals surface area contributed by atoms with Crippen molar-refractivity contribution >= 4 is 43.9 Å². The van der Waals surface area contributed by atoms with Gasteiger partial charge in [0.2, 0.25) is 10.4 Å². The van der Waals surface area contributed by atoms with Gasteiger partial charge in [0.05, 0.1) is 0 Å². The van der Waals surface area contributed by atoms with E-state index in [1.807, 2.05) is 0 Å². The van der Waals surface area contributed by atoms with Crippen LogP contribution in [0.5, 0.6) is 0 Å². The normalized spacial score (nSPS) is 9.67. The van der Waals surface area contributed by atoms with Crippen LogP contribution in [0.15, 0.2) is 0 Å². The molecule has 8 nitrogen and oxygen atoms in total. The molecule has 0 aliphatic rings. The van der Waals surface area contributed by atoms with Gasteiger partial charge in [0, 0.05) is 10.4 Å². The maximum absolute atomic E-state index is 8.63. The van der Waals surface area contributed by atoms with Gasteiger partial charge in [-0.25, -0.2) is 8.42 Å². The predicted octanol–water partition coefficient (Wildman–Crippen LogP) is -5.71. The van der Waals surface area contributed by atoms with Gasteiger partial charge < -0.3 is 13.7 Å². The molecule has 0 fully saturated rings. The van der Waals surface area contributed by atoms with E-state index in [0.717, 1.165) is 0 Å². The fourth-order valence-corrected chi connectivity index (χ4v) is 0. The third kappa shape index (κ3) is 931. The average Bonchev–Trinajstić information content (AvgIpc) is 1.12. The fourth-order valence-electron chi connectivity index (χ4n) is 0. The van der Waals surface area contributed by atoms with Crippen LogP contribution in [0.3, 0.4) is 0 Å². The Morgan fingerprint density at radius 1 is 0.917 bits per heavy atom. The van der Waals surface area contributed by atoms with Crippen molar-refractivity contribution in [3.63, 3.8) is 0 Å². The van der Waals surface area contributed by atoms with Crippen molar-refractivity contribution < 1.29 is 53.9 Å². The SMILES string of the molecule is O=S(=O)([O-])O.O=S(=O)([O-])[O-].[Li+].[Mg+2]. The summed E-state index contributed by atoms with van der Waals surface area (Å²) < 4.78 is 66.9. The molecule has 0 unspecified atom stereocenters. The van der Waals surface area contributed by atoms with Crippen molar-refractivity contribution in [3.05, 3.63) is 0 Å². The van der Waals surface area contributed by atoms with Gasteiger partial charge in [0.1, 0.15) is 0 Å². The second-order valence-corrected chi connectivity index (χ2v) is 2.51. The first-order valence-corrected chi connectivity index (χ1v) is 4.05. The Morgan fingerprint density at radius 3 is 0.917 bits per heavy atom. The molecule has 0 aromatic carbocycles. The Balaban J connectivity index is -0.0000000457. The molecule has 0 saturated heterocycles. The summed E-state index contributed by atoms with van der Waals surface area (Å²) in [6.45, 7) is 0. The summed E-state index contributed by atoms with van der Waals surface area (Å²) in [5, 5.41) is 0. The molecule has 12 heavy (non-hydrogen) atoms. The Kier molecular flexibility index (Phi) is 16.8. The summed E-state index contributed by atoms with van der Waals surface area (Å²) in [4.78, 5) is 0. The van der Waals surface area contributed by atoms with Gasteiger partial charge in [-0.15, -0.1) is 0 Å². The van der Waals surface area contributed by atoms with Crippen LogP contribution in [0.1, 0.15) is 0 Å². The summed E-state index contributed by atoms with van der Waals surface area (Å²) in [5.41, 5.74) is 0. The van der Waals surface area contributed by atoms with Gasteiger partial charge in [-0.1, -0.05) is 0 Å². The molecular weight excluding hydrogens is 223 g/mol. The number of hydrogen-bond acceptors (Lipinski definition) is 7. The maximum Gasteiger partial charge on any atom is 2.00 e. The van der Waals surface area contributed by atoms with E-state index in [1.54, 1.807) is 0 Å². The van der Waals surface area contributed by atoms with E-state index < -0.39 is 20.8 Å². The van der Waals surface area contributed by atoms with E-state index in [9.17, 15) is 0 Å². The Labute approximate surface area is 97.2 Å². The third-order valence-electron chi connectivity index (χ3n) is 0. The average molecular weight is 224 g/mol. The summed E-state index contributed by atoms with van der Waals surface area (Å²) >= 11 is 0. The van der Waals surface area contributed by atoms with Gasteiger partial charge >= 0.3 is 41.9 Å². The molecule has 0 radical (unpaired) electrons. The molecule has 0 aromatic rings. The van der Waals surface area contributed by atoms with Gasteiger partial charge in [-0.3, -0.25) is 13.0 Å². The summed E-state index contributed by atoms with van der Waals surface area (Å²) in [6.07, 6.45) is 0. The third-order valence-corrected chi connectivity index (χ3v) is 0. The minimum Gasteiger partial charge on any atom is -0.759 e. The molecule has 12 heteroatoms. The van der Waals surface area contributed by atoms with Crippen LogP contribution in [0.4, 0.5) is 0 Å². The molecule has 0 heterocycles. The van der Waals surface area contributed by atoms with Crippen LogP contribution in [0.2, 0.25) is 0 Å². The van der Waals surface area contributed by atoms with E-state index in [2.05, 4.69) is 0 Å². The van der Waals surface area contributed by atoms with Crippen molar-refractivity contribution in [2.75, 3.05) is 0 Å². The second-order valence-electron chi connectivity index (χ2n) is 0.836. The van der Waals surface area contributed by atoms with Crippen LogP contribution in [0.25, 0.3) is 0 Å². The van der Waals surface area contributed by atoms with Gasteiger partial charge in [-0.2, -0.15) is 0 Å². The molecule has 0 rings (SSSR count). The molecule has 0 aliphatic heterocycles. The molecule has 0 aromatic heterocycles. The minimum absolute atomic E-state index is 0. The summed E-state index contributed by atoms with van der Waals surface area (Å²) in [6, 6.07) is 0. The zero-order valence-corrected chi connectivity index (χ0v) is 8.88. The molecule has 64 valence electrons. The quantitative estimate of drug-likeness (QED) is 0.242. The molecule has 0 amide bonds. The summed E-state index contributed by atoms with van der Waals surface area (Å²) in [5.74, 6) is 0. The van der Waals surface area contributed by atoms with Gasteiger partial charge in [0.15, 0.2) is 0 Å². The van der Waals surface area contributed by atoms with E-state index in [-0.39, 0.29) is 41.9 Å². The van der Waals surface area contributed by atoms with Gasteiger partial charge in [-0.05, 0) is 0 Å². The summed E-state index contributed by atoms with van der Waals surface area (Å²) in [7, 11) is -10.1. The Bertz CT molecular complexity index is 213. The van der Waals surface area contributed by atoms with Crippen LogP contribution < -0.4 is 18.9 Å². The van der Waals surface area contributed by atoms with Crippen molar-refractivity contribution in [2.24, 2.45) is 0 Å². The Morgan fingerprint density at radius 2 is 0.917 bits per heavy atom. The monoisotopic (exact) mass is 224 g/mol. The largest absolute Gasteiger partial charge is 2.00 e. The van der Waals surface area contributed by atoms with Crippen molar-refractivity contribution in [3.8, 4) is 0 Å². The first kappa shape index (κ1) is 23.2. The van der Waals surface area contributed by atoms with E-state index >= 15 is 0 Å². The van der Waals surface area contributed by atoms with Crippen molar-refractivity contribution in [2.45, 2.75) is 0 Å². The number of hydrogen-bond donors (Lipinski definition) is 1. The zero-order valence-electron chi connectivity index (χ0n) is 5.83. The van der Waals surface area contributed by atoms with Crippen molar-refractivity contribution in [1.82, 2.24) is 0 Å². The molecule has 0 spiro atoms. The van der Waals surface area contributed by atoms with Crippen LogP contribution in [0, 0.1) is 0 Å². The van der Waals surface area contributed by atoms with E-state index in [4.69, 9.17) is 35.0 Å². The predicted molar refractivity (Wildman–Crippen MR) is 28.6 cm³/mol. The topological polar surface area (TPSA) is 158 Å². The van der Waals surface area contributed by atoms with Crippen LogP contribution in [-0.2, 0) is 20.8 Å². The molecule has 0 saturated carbocycles. The Hall–Kier alpha value is 1.10. The van der Waals surface area contributed by atoms with E-state index in [0.29, 0.717) is 0 Å². The maximum atomic E-state index is 8.63. The minimum atomic E-state index is -5.17. The zero-order chi connectivity index (χ0) is 9.00. The van der Waals surface area contributed by atoms with Crippen LogP contribution >= 0.6 is 0 Å². The molecule has 1 N–H and O–H groups in total. The first-order valence-electron chi connectivity index (χ1n) is 1.35.